The molecule has 0 radical (unpaired) electrons. The van der Waals surface area contributed by atoms with Crippen molar-refractivity contribution in [3.63, 3.8) is 0 Å². The molecule has 0 aliphatic heterocycles. The Hall–Kier alpha value is -0.410. The van der Waals surface area contributed by atoms with Crippen molar-refractivity contribution < 1.29 is 0 Å². The largest absolute Gasteiger partial charge is 0.310 e. The number of nitrogens with zero attached hydrogens (tertiary/aromatic N) is 1. The molecular formula is C15H28N2S. The molecule has 0 atom stereocenters. The van der Waals surface area contributed by atoms with Crippen LogP contribution in [0.2, 0.25) is 0 Å². The highest BCUT2D eigenvalue weighted by Crippen LogP contribution is 2.23. The van der Waals surface area contributed by atoms with Crippen molar-refractivity contribution in [1.29, 1.82) is 0 Å². The zero-order valence-electron chi connectivity index (χ0n) is 12.5. The topological polar surface area (TPSA) is 24.9 Å². The molecule has 104 valence electrons. The first kappa shape index (κ1) is 15.6. The molecule has 1 heterocycles. The molecule has 0 saturated carbocycles. The lowest BCUT2D eigenvalue weighted by molar-refractivity contribution is 0.581. The minimum atomic E-state index is 0.540. The third kappa shape index (κ3) is 5.49. The lowest BCUT2D eigenvalue weighted by Crippen LogP contribution is -2.22. The van der Waals surface area contributed by atoms with Crippen LogP contribution in [0.4, 0.5) is 0 Å². The maximum absolute atomic E-state index is 4.84. The van der Waals surface area contributed by atoms with Crippen molar-refractivity contribution in [3.8, 4) is 0 Å². The van der Waals surface area contributed by atoms with Gasteiger partial charge < -0.3 is 5.32 Å². The van der Waals surface area contributed by atoms with Gasteiger partial charge in [-0.25, -0.2) is 4.98 Å². The number of hydrogen-bond acceptors (Lipinski definition) is 3. The molecule has 0 saturated heterocycles. The van der Waals surface area contributed by atoms with E-state index >= 15 is 0 Å². The molecule has 1 rings (SSSR count). The predicted octanol–water partition coefficient (Wildman–Crippen LogP) is 4.18. The second kappa shape index (κ2) is 7.90. The predicted molar refractivity (Wildman–Crippen MR) is 81.2 cm³/mol. The Morgan fingerprint density at radius 3 is 2.50 bits per heavy atom. The smallest absolute Gasteiger partial charge is 0.0931 e. The summed E-state index contributed by atoms with van der Waals surface area (Å²) in [5.41, 5.74) is 1.33. The van der Waals surface area contributed by atoms with Crippen LogP contribution in [0.5, 0.6) is 0 Å². The van der Waals surface area contributed by atoms with E-state index in [-0.39, 0.29) is 0 Å². The number of aryl methyl sites for hydroxylation is 1. The van der Waals surface area contributed by atoms with Crippen molar-refractivity contribution in [2.24, 2.45) is 5.92 Å². The Balaban J connectivity index is 2.72. The molecule has 1 aromatic heterocycles. The zero-order chi connectivity index (χ0) is 13.5. The van der Waals surface area contributed by atoms with E-state index in [1.807, 2.05) is 11.3 Å². The van der Waals surface area contributed by atoms with Crippen molar-refractivity contribution in [2.75, 3.05) is 0 Å². The number of aromatic nitrogens is 1. The lowest BCUT2D eigenvalue weighted by atomic mass is 10.1. The van der Waals surface area contributed by atoms with Gasteiger partial charge in [-0.15, -0.1) is 11.3 Å². The van der Waals surface area contributed by atoms with Crippen molar-refractivity contribution >= 4 is 11.3 Å². The second-order valence-electron chi connectivity index (χ2n) is 5.71. The molecule has 0 fully saturated rings. The normalized spacial score (nSPS) is 11.7. The molecule has 0 aromatic carbocycles. The van der Waals surface area contributed by atoms with Crippen LogP contribution in [0.15, 0.2) is 0 Å². The quantitative estimate of drug-likeness (QED) is 0.765. The molecule has 0 aliphatic rings. The van der Waals surface area contributed by atoms with Gasteiger partial charge in [-0.3, -0.25) is 0 Å². The first-order valence-corrected chi connectivity index (χ1v) is 8.05. The van der Waals surface area contributed by atoms with E-state index in [2.05, 4.69) is 39.9 Å². The Kier molecular flexibility index (Phi) is 6.87. The molecule has 0 spiro atoms. The van der Waals surface area contributed by atoms with Crippen LogP contribution in [0, 0.1) is 5.92 Å². The first-order valence-electron chi connectivity index (χ1n) is 7.23. The van der Waals surface area contributed by atoms with Gasteiger partial charge in [0.15, 0.2) is 0 Å². The summed E-state index contributed by atoms with van der Waals surface area (Å²) in [7, 11) is 0. The van der Waals surface area contributed by atoms with Crippen molar-refractivity contribution in [1.82, 2.24) is 10.3 Å². The summed E-state index contributed by atoms with van der Waals surface area (Å²) in [5.74, 6) is 0.684. The van der Waals surface area contributed by atoms with E-state index in [1.165, 1.54) is 28.4 Å². The van der Waals surface area contributed by atoms with Gasteiger partial charge >= 0.3 is 0 Å². The summed E-state index contributed by atoms with van der Waals surface area (Å²) in [6.07, 6.45) is 4.76. The standard InChI is InChI=1S/C15H28N2S/c1-6-7-8-15-17-13(9-11(2)3)14(18-15)10-16-12(4)5/h11-12,16H,6-10H2,1-5H3. The number of rotatable bonds is 8. The van der Waals surface area contributed by atoms with E-state index < -0.39 is 0 Å². The van der Waals surface area contributed by atoms with Crippen molar-refractivity contribution in [2.45, 2.75) is 72.9 Å². The van der Waals surface area contributed by atoms with Crippen LogP contribution in [-0.4, -0.2) is 11.0 Å². The SMILES string of the molecule is CCCCc1nc(CC(C)C)c(CNC(C)C)s1. The molecule has 0 bridgehead atoms. The molecule has 0 aliphatic carbocycles. The van der Waals surface area contributed by atoms with E-state index in [1.54, 1.807) is 0 Å². The summed E-state index contributed by atoms with van der Waals surface area (Å²) in [6, 6.07) is 0.540. The summed E-state index contributed by atoms with van der Waals surface area (Å²) in [5, 5.41) is 4.84. The van der Waals surface area contributed by atoms with Crippen LogP contribution in [-0.2, 0) is 19.4 Å². The van der Waals surface area contributed by atoms with E-state index in [0.29, 0.717) is 12.0 Å². The number of unbranched alkanes of at least 4 members (excludes halogenated alkanes) is 1. The van der Waals surface area contributed by atoms with Crippen molar-refractivity contribution in [3.05, 3.63) is 15.6 Å². The maximum atomic E-state index is 4.84. The van der Waals surface area contributed by atoms with Crippen LogP contribution in [0.25, 0.3) is 0 Å². The van der Waals surface area contributed by atoms with Gasteiger partial charge in [0.05, 0.1) is 10.7 Å². The molecule has 1 aromatic rings. The van der Waals surface area contributed by atoms with E-state index in [0.717, 1.165) is 19.4 Å². The monoisotopic (exact) mass is 268 g/mol. The minimum absolute atomic E-state index is 0.540. The van der Waals surface area contributed by atoms with Gasteiger partial charge in [-0.2, -0.15) is 0 Å². The average Bonchev–Trinajstić information content (AvgIpc) is 2.65. The van der Waals surface area contributed by atoms with Gasteiger partial charge in [0.25, 0.3) is 0 Å². The highest BCUT2D eigenvalue weighted by molar-refractivity contribution is 7.11. The third-order valence-corrected chi connectivity index (χ3v) is 4.00. The Labute approximate surface area is 116 Å². The van der Waals surface area contributed by atoms with Gasteiger partial charge in [0.1, 0.15) is 0 Å². The Morgan fingerprint density at radius 1 is 1.22 bits per heavy atom. The first-order chi connectivity index (χ1) is 8.52. The fraction of sp³-hybridized carbons (Fsp3) is 0.800. The number of thiazole rings is 1. The lowest BCUT2D eigenvalue weighted by Gasteiger charge is -2.08. The van der Waals surface area contributed by atoms with Crippen LogP contribution < -0.4 is 5.32 Å². The molecular weight excluding hydrogens is 240 g/mol. The summed E-state index contributed by atoms with van der Waals surface area (Å²) in [6.45, 7) is 12.1. The summed E-state index contributed by atoms with van der Waals surface area (Å²) < 4.78 is 0. The summed E-state index contributed by atoms with van der Waals surface area (Å²) >= 11 is 1.91. The van der Waals surface area contributed by atoms with Crippen LogP contribution in [0.3, 0.4) is 0 Å². The van der Waals surface area contributed by atoms with E-state index in [9.17, 15) is 0 Å². The third-order valence-electron chi connectivity index (χ3n) is 2.84. The molecule has 0 unspecified atom stereocenters. The second-order valence-corrected chi connectivity index (χ2v) is 6.88. The Morgan fingerprint density at radius 2 is 1.94 bits per heavy atom. The molecule has 3 heteroatoms. The molecule has 0 amide bonds. The fourth-order valence-corrected chi connectivity index (χ4v) is 2.94. The highest BCUT2D eigenvalue weighted by atomic mass is 32.1. The van der Waals surface area contributed by atoms with E-state index in [4.69, 9.17) is 4.98 Å². The van der Waals surface area contributed by atoms with Gasteiger partial charge in [-0.1, -0.05) is 41.0 Å². The number of nitrogens with one attached hydrogen (secondary N) is 1. The van der Waals surface area contributed by atoms with Gasteiger partial charge in [-0.05, 0) is 25.2 Å². The average molecular weight is 268 g/mol. The van der Waals surface area contributed by atoms with Gasteiger partial charge in [0, 0.05) is 17.5 Å². The zero-order valence-corrected chi connectivity index (χ0v) is 13.4. The van der Waals surface area contributed by atoms with Gasteiger partial charge in [0.2, 0.25) is 0 Å². The number of hydrogen-bond donors (Lipinski definition) is 1. The Bertz CT molecular complexity index is 342. The van der Waals surface area contributed by atoms with Crippen LogP contribution >= 0.6 is 11.3 Å². The van der Waals surface area contributed by atoms with Crippen LogP contribution in [0.1, 0.15) is 63.0 Å². The fourth-order valence-electron chi connectivity index (χ4n) is 1.85. The molecule has 18 heavy (non-hydrogen) atoms. The highest BCUT2D eigenvalue weighted by Gasteiger charge is 2.12. The minimum Gasteiger partial charge on any atom is -0.310 e. The maximum Gasteiger partial charge on any atom is 0.0931 e. The summed E-state index contributed by atoms with van der Waals surface area (Å²) in [4.78, 5) is 6.29. The molecule has 1 N–H and O–H groups in total. The molecule has 2 nitrogen and oxygen atoms in total.